The van der Waals surface area contributed by atoms with Crippen LogP contribution < -0.4 is 10.9 Å². The van der Waals surface area contributed by atoms with E-state index in [2.05, 4.69) is 24.3 Å². The van der Waals surface area contributed by atoms with Gasteiger partial charge in [-0.1, -0.05) is 66.6 Å². The van der Waals surface area contributed by atoms with Gasteiger partial charge in [0.2, 0.25) is 0 Å². The van der Waals surface area contributed by atoms with Crippen LogP contribution in [0.5, 0.6) is 0 Å². The molecule has 0 amide bonds. The van der Waals surface area contributed by atoms with Crippen LogP contribution in [0, 0.1) is 5.92 Å². The summed E-state index contributed by atoms with van der Waals surface area (Å²) in [6.45, 7) is 0. The van der Waals surface area contributed by atoms with E-state index >= 15 is 0 Å². The van der Waals surface area contributed by atoms with Crippen LogP contribution in [-0.4, -0.2) is 15.7 Å². The van der Waals surface area contributed by atoms with Crippen molar-refractivity contribution < 1.29 is 0 Å². The maximum Gasteiger partial charge on any atom is 0.113 e. The second-order valence-corrected chi connectivity index (χ2v) is 6.57. The lowest BCUT2D eigenvalue weighted by atomic mass is 9.74. The van der Waals surface area contributed by atoms with Crippen molar-refractivity contribution in [1.29, 1.82) is 0 Å². The standard InChI is InChI=1S/C19H18B2/c20-13-6-8-15-16-9-7-14(21)11-18(16)19(17(15)10-13)12-4-2-1-3-5-12/h6-12,19H,1-5H2. The number of rotatable bonds is 1. The normalized spacial score (nSPS) is 18.5. The zero-order valence-corrected chi connectivity index (χ0v) is 12.3. The highest BCUT2D eigenvalue weighted by molar-refractivity contribution is 6.33. The molecule has 0 heterocycles. The van der Waals surface area contributed by atoms with Crippen LogP contribution in [0.15, 0.2) is 36.4 Å². The quantitative estimate of drug-likeness (QED) is 0.697. The fraction of sp³-hybridized carbons (Fsp3) is 0.368. The van der Waals surface area contributed by atoms with Crippen LogP contribution in [0.1, 0.15) is 49.1 Å². The van der Waals surface area contributed by atoms with E-state index in [1.54, 1.807) is 0 Å². The van der Waals surface area contributed by atoms with Crippen LogP contribution in [0.2, 0.25) is 0 Å². The number of hydrogen-bond donors (Lipinski definition) is 0. The van der Waals surface area contributed by atoms with Crippen molar-refractivity contribution in [2.45, 2.75) is 38.0 Å². The minimum atomic E-state index is 0.488. The molecule has 0 aliphatic heterocycles. The van der Waals surface area contributed by atoms with Crippen molar-refractivity contribution in [2.24, 2.45) is 5.92 Å². The minimum Gasteiger partial charge on any atom is -0.0963 e. The molecular weight excluding hydrogens is 250 g/mol. The summed E-state index contributed by atoms with van der Waals surface area (Å²) in [7, 11) is 12.1. The Morgan fingerprint density at radius 2 is 1.24 bits per heavy atom. The lowest BCUT2D eigenvalue weighted by Crippen LogP contribution is -2.18. The molecule has 0 aromatic heterocycles. The molecule has 2 aliphatic carbocycles. The number of hydrogen-bond acceptors (Lipinski definition) is 0. The summed E-state index contributed by atoms with van der Waals surface area (Å²) in [5, 5.41) is 0. The van der Waals surface area contributed by atoms with Gasteiger partial charge in [0.1, 0.15) is 15.7 Å². The zero-order valence-electron chi connectivity index (χ0n) is 12.3. The molecule has 0 saturated heterocycles. The topological polar surface area (TPSA) is 0 Å². The van der Waals surface area contributed by atoms with Crippen LogP contribution in [-0.2, 0) is 0 Å². The van der Waals surface area contributed by atoms with Crippen LogP contribution in [0.4, 0.5) is 0 Å². The molecule has 0 unspecified atom stereocenters. The summed E-state index contributed by atoms with van der Waals surface area (Å²) in [6, 6.07) is 12.8. The Morgan fingerprint density at radius 1 is 0.714 bits per heavy atom. The Balaban J connectivity index is 1.89. The summed E-state index contributed by atoms with van der Waals surface area (Å²) in [6.07, 6.45) is 6.75. The number of fused-ring (bicyclic) bond motifs is 3. The first kappa shape index (κ1) is 13.2. The highest BCUT2D eigenvalue weighted by atomic mass is 14.4. The molecule has 2 aliphatic rings. The SMILES string of the molecule is [B]c1ccc2c(c1)C(C1CCCCC1)c1cc([B])ccc1-2. The maximum absolute atomic E-state index is 6.06. The van der Waals surface area contributed by atoms with Gasteiger partial charge >= 0.3 is 0 Å². The summed E-state index contributed by atoms with van der Waals surface area (Å²) < 4.78 is 0. The molecule has 2 aromatic carbocycles. The second-order valence-electron chi connectivity index (χ2n) is 6.57. The summed E-state index contributed by atoms with van der Waals surface area (Å²) in [5.41, 5.74) is 7.29. The molecule has 21 heavy (non-hydrogen) atoms. The average molecular weight is 268 g/mol. The monoisotopic (exact) mass is 268 g/mol. The Morgan fingerprint density at radius 3 is 1.76 bits per heavy atom. The predicted octanol–water partition coefficient (Wildman–Crippen LogP) is 2.97. The minimum absolute atomic E-state index is 0.488. The van der Waals surface area contributed by atoms with E-state index in [1.165, 1.54) is 54.4 Å². The predicted molar refractivity (Wildman–Crippen MR) is 91.1 cm³/mol. The average Bonchev–Trinajstić information content (AvgIpc) is 2.80. The second kappa shape index (κ2) is 5.09. The van der Waals surface area contributed by atoms with Gasteiger partial charge < -0.3 is 0 Å². The largest absolute Gasteiger partial charge is 0.113 e. The van der Waals surface area contributed by atoms with Gasteiger partial charge in [0.15, 0.2) is 0 Å². The summed E-state index contributed by atoms with van der Waals surface area (Å²) >= 11 is 0. The molecule has 2 aromatic rings. The molecule has 0 N–H and O–H groups in total. The highest BCUT2D eigenvalue weighted by Gasteiger charge is 2.34. The lowest BCUT2D eigenvalue weighted by Gasteiger charge is -2.29. The molecular formula is C19H18B2. The van der Waals surface area contributed by atoms with Gasteiger partial charge in [-0.15, -0.1) is 0 Å². The Hall–Kier alpha value is -1.43. The lowest BCUT2D eigenvalue weighted by molar-refractivity contribution is 0.330. The van der Waals surface area contributed by atoms with Crippen molar-refractivity contribution in [3.8, 4) is 11.1 Å². The third kappa shape index (κ3) is 2.16. The first-order valence-electron chi connectivity index (χ1n) is 8.03. The van der Waals surface area contributed by atoms with E-state index in [-0.39, 0.29) is 0 Å². The van der Waals surface area contributed by atoms with Gasteiger partial charge in [-0.3, -0.25) is 0 Å². The summed E-state index contributed by atoms with van der Waals surface area (Å²) in [5.74, 6) is 1.23. The third-order valence-corrected chi connectivity index (χ3v) is 5.23. The Kier molecular flexibility index (Phi) is 3.21. The van der Waals surface area contributed by atoms with E-state index in [0.717, 1.165) is 16.8 Å². The molecule has 0 bridgehead atoms. The smallest absolute Gasteiger partial charge is 0.0963 e. The first-order valence-corrected chi connectivity index (χ1v) is 8.03. The van der Waals surface area contributed by atoms with Gasteiger partial charge in [-0.25, -0.2) is 0 Å². The third-order valence-electron chi connectivity index (χ3n) is 5.23. The van der Waals surface area contributed by atoms with Crippen molar-refractivity contribution in [3.05, 3.63) is 47.5 Å². The van der Waals surface area contributed by atoms with Crippen LogP contribution in [0.3, 0.4) is 0 Å². The maximum atomic E-state index is 6.06. The van der Waals surface area contributed by atoms with Crippen LogP contribution >= 0.6 is 0 Å². The Labute approximate surface area is 129 Å². The van der Waals surface area contributed by atoms with Gasteiger partial charge in [0.05, 0.1) is 0 Å². The molecule has 0 nitrogen and oxygen atoms in total. The molecule has 100 valence electrons. The molecule has 1 fully saturated rings. The van der Waals surface area contributed by atoms with Crippen molar-refractivity contribution in [3.63, 3.8) is 0 Å². The van der Waals surface area contributed by atoms with E-state index in [0.29, 0.717) is 5.92 Å². The zero-order chi connectivity index (χ0) is 14.4. The van der Waals surface area contributed by atoms with Gasteiger partial charge in [0.25, 0.3) is 0 Å². The molecule has 0 atom stereocenters. The van der Waals surface area contributed by atoms with Gasteiger partial charge in [-0.05, 0) is 41.0 Å². The van der Waals surface area contributed by atoms with E-state index in [4.69, 9.17) is 15.7 Å². The van der Waals surface area contributed by atoms with E-state index in [1.807, 2.05) is 12.1 Å². The Bertz CT molecular complexity index is 632. The van der Waals surface area contributed by atoms with Crippen molar-refractivity contribution >= 4 is 26.6 Å². The molecule has 0 spiro atoms. The number of benzene rings is 2. The van der Waals surface area contributed by atoms with Gasteiger partial charge in [0, 0.05) is 5.92 Å². The molecule has 4 radical (unpaired) electrons. The van der Waals surface area contributed by atoms with E-state index < -0.39 is 0 Å². The fourth-order valence-corrected chi connectivity index (χ4v) is 4.31. The molecule has 1 saturated carbocycles. The molecule has 2 heteroatoms. The fourth-order valence-electron chi connectivity index (χ4n) is 4.31. The van der Waals surface area contributed by atoms with E-state index in [9.17, 15) is 0 Å². The van der Waals surface area contributed by atoms with Crippen molar-refractivity contribution in [1.82, 2.24) is 0 Å². The van der Waals surface area contributed by atoms with Gasteiger partial charge in [-0.2, -0.15) is 0 Å². The first-order chi connectivity index (χ1) is 10.2. The summed E-state index contributed by atoms with van der Waals surface area (Å²) in [4.78, 5) is 0. The van der Waals surface area contributed by atoms with Crippen LogP contribution in [0.25, 0.3) is 11.1 Å². The van der Waals surface area contributed by atoms with Crippen molar-refractivity contribution in [2.75, 3.05) is 0 Å². The molecule has 4 rings (SSSR count). The highest BCUT2D eigenvalue weighted by Crippen LogP contribution is 2.50.